The molecule has 2 rings (SSSR count). The molecular formula is C16H21FN2S. The monoisotopic (exact) mass is 292 g/mol. The normalized spacial score (nSPS) is 13.5. The summed E-state index contributed by atoms with van der Waals surface area (Å²) in [4.78, 5) is 5.79. The third kappa shape index (κ3) is 3.07. The molecule has 1 heterocycles. The van der Waals surface area contributed by atoms with Gasteiger partial charge in [0.05, 0.1) is 10.7 Å². The number of halogens is 1. The molecule has 0 bridgehead atoms. The second-order valence-corrected chi connectivity index (χ2v) is 7.08. The first-order valence-electron chi connectivity index (χ1n) is 6.75. The number of nitrogens with two attached hydrogens (primary N) is 1. The van der Waals surface area contributed by atoms with Crippen molar-refractivity contribution in [3.63, 3.8) is 0 Å². The van der Waals surface area contributed by atoms with E-state index in [1.54, 1.807) is 11.3 Å². The lowest BCUT2D eigenvalue weighted by Gasteiger charge is -2.31. The first kappa shape index (κ1) is 15.1. The summed E-state index contributed by atoms with van der Waals surface area (Å²) in [6.45, 7) is 8.29. The molecule has 2 aromatic rings. The van der Waals surface area contributed by atoms with Crippen LogP contribution >= 0.6 is 11.3 Å². The van der Waals surface area contributed by atoms with Crippen molar-refractivity contribution in [3.05, 3.63) is 51.2 Å². The second-order valence-electron chi connectivity index (χ2n) is 5.79. The third-order valence-electron chi connectivity index (χ3n) is 3.98. The zero-order chi connectivity index (χ0) is 14.9. The minimum absolute atomic E-state index is 0.0575. The van der Waals surface area contributed by atoms with Crippen molar-refractivity contribution >= 4 is 11.3 Å². The summed E-state index contributed by atoms with van der Waals surface area (Å²) < 4.78 is 13.0. The molecule has 1 aromatic carbocycles. The fraction of sp³-hybridized carbons (Fsp3) is 0.438. The molecule has 0 fully saturated rings. The van der Waals surface area contributed by atoms with Crippen molar-refractivity contribution in [1.29, 1.82) is 0 Å². The van der Waals surface area contributed by atoms with Crippen LogP contribution in [0.5, 0.6) is 0 Å². The molecular weight excluding hydrogens is 271 g/mol. The number of aryl methyl sites for hydroxylation is 2. The van der Waals surface area contributed by atoms with Gasteiger partial charge in [0.2, 0.25) is 0 Å². The molecule has 2 nitrogen and oxygen atoms in total. The Morgan fingerprint density at radius 2 is 1.85 bits per heavy atom. The van der Waals surface area contributed by atoms with E-state index < -0.39 is 0 Å². The molecule has 4 heteroatoms. The van der Waals surface area contributed by atoms with Gasteiger partial charge in [-0.3, -0.25) is 0 Å². The summed E-state index contributed by atoms with van der Waals surface area (Å²) in [5.41, 5.74) is 8.30. The van der Waals surface area contributed by atoms with E-state index in [-0.39, 0.29) is 17.3 Å². The Hall–Kier alpha value is -1.26. The van der Waals surface area contributed by atoms with Crippen LogP contribution in [0.15, 0.2) is 24.3 Å². The number of nitrogens with zero attached hydrogens (tertiary/aromatic N) is 1. The standard InChI is InChI=1S/C16H21FN2S/c1-10-11(2)20-15(19-10)9-14(18)16(3,4)12-5-7-13(17)8-6-12/h5-8,14H,9,18H2,1-4H3. The van der Waals surface area contributed by atoms with Crippen LogP contribution in [-0.4, -0.2) is 11.0 Å². The molecule has 1 atom stereocenters. The molecule has 0 radical (unpaired) electrons. The zero-order valence-electron chi connectivity index (χ0n) is 12.4. The number of hydrogen-bond acceptors (Lipinski definition) is 3. The Morgan fingerprint density at radius 1 is 1.25 bits per heavy atom. The minimum Gasteiger partial charge on any atom is -0.327 e. The van der Waals surface area contributed by atoms with Crippen molar-refractivity contribution in [1.82, 2.24) is 4.98 Å². The van der Waals surface area contributed by atoms with Gasteiger partial charge in [-0.25, -0.2) is 9.37 Å². The van der Waals surface area contributed by atoms with E-state index in [1.807, 2.05) is 19.1 Å². The van der Waals surface area contributed by atoms with Gasteiger partial charge in [-0.05, 0) is 31.5 Å². The number of hydrogen-bond donors (Lipinski definition) is 1. The van der Waals surface area contributed by atoms with E-state index in [1.165, 1.54) is 17.0 Å². The SMILES string of the molecule is Cc1nc(CC(N)C(C)(C)c2ccc(F)cc2)sc1C. The van der Waals surface area contributed by atoms with Crippen LogP contribution < -0.4 is 5.73 Å². The van der Waals surface area contributed by atoms with Crippen LogP contribution in [0.1, 0.15) is 35.0 Å². The fourth-order valence-electron chi connectivity index (χ4n) is 2.16. The van der Waals surface area contributed by atoms with Crippen molar-refractivity contribution in [3.8, 4) is 0 Å². The molecule has 0 aliphatic rings. The highest BCUT2D eigenvalue weighted by atomic mass is 32.1. The van der Waals surface area contributed by atoms with E-state index in [2.05, 4.69) is 25.8 Å². The highest BCUT2D eigenvalue weighted by molar-refractivity contribution is 7.11. The van der Waals surface area contributed by atoms with Crippen LogP contribution in [0, 0.1) is 19.7 Å². The van der Waals surface area contributed by atoms with Crippen molar-refractivity contribution in [2.75, 3.05) is 0 Å². The molecule has 1 unspecified atom stereocenters. The van der Waals surface area contributed by atoms with E-state index >= 15 is 0 Å². The van der Waals surface area contributed by atoms with Gasteiger partial charge in [-0.2, -0.15) is 0 Å². The highest BCUT2D eigenvalue weighted by Gasteiger charge is 2.29. The van der Waals surface area contributed by atoms with Gasteiger partial charge in [0, 0.05) is 22.8 Å². The quantitative estimate of drug-likeness (QED) is 0.932. The predicted molar refractivity (Wildman–Crippen MR) is 82.7 cm³/mol. The average Bonchev–Trinajstić information content (AvgIpc) is 2.68. The summed E-state index contributed by atoms with van der Waals surface area (Å²) in [6.07, 6.45) is 0.740. The van der Waals surface area contributed by atoms with Gasteiger partial charge in [0.25, 0.3) is 0 Å². The van der Waals surface area contributed by atoms with Crippen LogP contribution in [0.4, 0.5) is 4.39 Å². The van der Waals surface area contributed by atoms with Gasteiger partial charge in [0.1, 0.15) is 5.82 Å². The number of thiazole rings is 1. The maximum atomic E-state index is 13.0. The van der Waals surface area contributed by atoms with Crippen molar-refractivity contribution in [2.24, 2.45) is 5.73 Å². The molecule has 0 amide bonds. The maximum absolute atomic E-state index is 13.0. The molecule has 0 aliphatic carbocycles. The molecule has 1 aromatic heterocycles. The van der Waals surface area contributed by atoms with Gasteiger partial charge >= 0.3 is 0 Å². The number of benzene rings is 1. The zero-order valence-corrected chi connectivity index (χ0v) is 13.2. The Morgan fingerprint density at radius 3 is 2.35 bits per heavy atom. The summed E-state index contributed by atoms with van der Waals surface area (Å²) in [5.74, 6) is -0.218. The Kier molecular flexibility index (Phi) is 4.25. The Balaban J connectivity index is 2.18. The average molecular weight is 292 g/mol. The van der Waals surface area contributed by atoms with Crippen LogP contribution in [0.2, 0.25) is 0 Å². The van der Waals surface area contributed by atoms with Gasteiger partial charge in [-0.15, -0.1) is 11.3 Å². The molecule has 0 saturated carbocycles. The van der Waals surface area contributed by atoms with Crippen LogP contribution in [-0.2, 0) is 11.8 Å². The molecule has 0 aliphatic heterocycles. The number of rotatable bonds is 4. The Labute approximate surface area is 123 Å². The molecule has 0 saturated heterocycles. The molecule has 108 valence electrons. The summed E-state index contributed by atoms with van der Waals surface area (Å²) >= 11 is 1.71. The van der Waals surface area contributed by atoms with Gasteiger partial charge in [-0.1, -0.05) is 26.0 Å². The first-order chi connectivity index (χ1) is 9.30. The van der Waals surface area contributed by atoms with Crippen molar-refractivity contribution in [2.45, 2.75) is 45.6 Å². The largest absolute Gasteiger partial charge is 0.327 e. The lowest BCUT2D eigenvalue weighted by molar-refractivity contribution is 0.405. The van der Waals surface area contributed by atoms with Gasteiger partial charge < -0.3 is 5.73 Å². The summed E-state index contributed by atoms with van der Waals surface area (Å²) in [5, 5.41) is 1.07. The molecule has 2 N–H and O–H groups in total. The van der Waals surface area contributed by atoms with E-state index in [0.717, 1.165) is 22.7 Å². The van der Waals surface area contributed by atoms with Crippen molar-refractivity contribution < 1.29 is 4.39 Å². The van der Waals surface area contributed by atoms with Crippen LogP contribution in [0.3, 0.4) is 0 Å². The van der Waals surface area contributed by atoms with Crippen LogP contribution in [0.25, 0.3) is 0 Å². The smallest absolute Gasteiger partial charge is 0.123 e. The van der Waals surface area contributed by atoms with E-state index in [0.29, 0.717) is 0 Å². The highest BCUT2D eigenvalue weighted by Crippen LogP contribution is 2.29. The lowest BCUT2D eigenvalue weighted by atomic mass is 9.77. The maximum Gasteiger partial charge on any atom is 0.123 e. The Bertz CT molecular complexity index is 568. The first-order valence-corrected chi connectivity index (χ1v) is 7.57. The minimum atomic E-state index is -0.221. The summed E-state index contributed by atoms with van der Waals surface area (Å²) in [6, 6.07) is 6.54. The molecule has 0 spiro atoms. The second kappa shape index (κ2) is 5.62. The number of aromatic nitrogens is 1. The third-order valence-corrected chi connectivity index (χ3v) is 5.08. The lowest BCUT2D eigenvalue weighted by Crippen LogP contribution is -2.42. The molecule has 20 heavy (non-hydrogen) atoms. The topological polar surface area (TPSA) is 38.9 Å². The van der Waals surface area contributed by atoms with E-state index in [9.17, 15) is 4.39 Å². The summed E-state index contributed by atoms with van der Waals surface area (Å²) in [7, 11) is 0. The predicted octanol–water partition coefficient (Wildman–Crippen LogP) is 3.75. The fourth-order valence-corrected chi connectivity index (χ4v) is 3.16. The van der Waals surface area contributed by atoms with Gasteiger partial charge in [0.15, 0.2) is 0 Å². The van der Waals surface area contributed by atoms with E-state index in [4.69, 9.17) is 5.73 Å².